The molecule has 0 unspecified atom stereocenters. The summed E-state index contributed by atoms with van der Waals surface area (Å²) in [6.45, 7) is 3.89. The van der Waals surface area contributed by atoms with Gasteiger partial charge in [-0.25, -0.2) is 0 Å². The van der Waals surface area contributed by atoms with E-state index in [1.54, 1.807) is 24.3 Å². The average molecular weight is 374 g/mol. The van der Waals surface area contributed by atoms with Crippen LogP contribution in [0.4, 0.5) is 0 Å². The van der Waals surface area contributed by atoms with Gasteiger partial charge in [-0.1, -0.05) is 72.8 Å². The maximum absolute atomic E-state index is 12.9. The summed E-state index contributed by atoms with van der Waals surface area (Å²) >= 11 is 6.01. The van der Waals surface area contributed by atoms with Crippen LogP contribution in [0.1, 0.15) is 5.56 Å². The number of pyridine rings is 1. The van der Waals surface area contributed by atoms with E-state index in [2.05, 4.69) is 11.6 Å². The molecule has 0 aliphatic carbocycles. The van der Waals surface area contributed by atoms with Crippen LogP contribution in [0.3, 0.4) is 0 Å². The van der Waals surface area contributed by atoms with Gasteiger partial charge in [-0.15, -0.1) is 0 Å². The van der Waals surface area contributed by atoms with Crippen molar-refractivity contribution in [2.45, 2.75) is 0 Å². The Kier molecular flexibility index (Phi) is 4.30. The van der Waals surface area contributed by atoms with Gasteiger partial charge in [0.1, 0.15) is 5.75 Å². The van der Waals surface area contributed by atoms with Gasteiger partial charge < -0.3 is 10.1 Å². The molecule has 0 aliphatic heterocycles. The Labute approximate surface area is 161 Å². The van der Waals surface area contributed by atoms with Gasteiger partial charge in [-0.05, 0) is 40.5 Å². The molecule has 0 saturated heterocycles. The normalized spacial score (nSPS) is 10.9. The topological polar surface area (TPSA) is 53.1 Å². The summed E-state index contributed by atoms with van der Waals surface area (Å²) in [5.41, 5.74) is 3.67. The highest BCUT2D eigenvalue weighted by Crippen LogP contribution is 2.40. The number of aromatic amines is 1. The molecule has 27 heavy (non-hydrogen) atoms. The lowest BCUT2D eigenvalue weighted by atomic mass is 9.90. The number of H-pyrrole nitrogens is 1. The third-order valence-corrected chi connectivity index (χ3v) is 4.83. The van der Waals surface area contributed by atoms with Crippen molar-refractivity contribution in [3.8, 4) is 28.0 Å². The molecule has 3 nitrogen and oxygen atoms in total. The summed E-state index contributed by atoms with van der Waals surface area (Å²) in [4.78, 5) is 15.7. The predicted molar refractivity (Wildman–Crippen MR) is 112 cm³/mol. The zero-order valence-electron chi connectivity index (χ0n) is 14.4. The Morgan fingerprint density at radius 1 is 0.963 bits per heavy atom. The number of hydrogen-bond acceptors (Lipinski definition) is 2. The van der Waals surface area contributed by atoms with Gasteiger partial charge in [0.05, 0.1) is 11.1 Å². The highest BCUT2D eigenvalue weighted by molar-refractivity contribution is 6.31. The van der Waals surface area contributed by atoms with Gasteiger partial charge in [0, 0.05) is 10.4 Å². The maximum atomic E-state index is 12.9. The van der Waals surface area contributed by atoms with Crippen LogP contribution in [-0.2, 0) is 0 Å². The van der Waals surface area contributed by atoms with Crippen molar-refractivity contribution < 1.29 is 5.11 Å². The SMILES string of the molecule is C=Cc1cccc(-c2c(O)c3ccc(Cl)cc3[nH]c2=O)c1-c1ccccc1. The molecule has 0 amide bonds. The second kappa shape index (κ2) is 6.78. The molecule has 1 heterocycles. The summed E-state index contributed by atoms with van der Waals surface area (Å²) in [5.74, 6) is -0.0659. The first kappa shape index (κ1) is 17.1. The van der Waals surface area contributed by atoms with Crippen LogP contribution in [0.2, 0.25) is 5.02 Å². The first-order valence-corrected chi connectivity index (χ1v) is 8.83. The number of rotatable bonds is 3. The smallest absolute Gasteiger partial charge is 0.260 e. The van der Waals surface area contributed by atoms with E-state index in [1.807, 2.05) is 48.5 Å². The van der Waals surface area contributed by atoms with Gasteiger partial charge in [-0.2, -0.15) is 0 Å². The van der Waals surface area contributed by atoms with E-state index in [4.69, 9.17) is 11.6 Å². The lowest BCUT2D eigenvalue weighted by molar-refractivity contribution is 0.482. The van der Waals surface area contributed by atoms with Crippen LogP contribution < -0.4 is 5.56 Å². The fourth-order valence-corrected chi connectivity index (χ4v) is 3.55. The molecule has 0 radical (unpaired) electrons. The quantitative estimate of drug-likeness (QED) is 0.472. The van der Waals surface area contributed by atoms with E-state index in [0.717, 1.165) is 16.7 Å². The number of aromatic nitrogens is 1. The third-order valence-electron chi connectivity index (χ3n) is 4.60. The van der Waals surface area contributed by atoms with E-state index in [-0.39, 0.29) is 16.9 Å². The second-order valence-electron chi connectivity index (χ2n) is 6.21. The molecule has 0 spiro atoms. The minimum atomic E-state index is -0.374. The van der Waals surface area contributed by atoms with Crippen molar-refractivity contribution in [3.05, 3.63) is 94.2 Å². The van der Waals surface area contributed by atoms with Crippen LogP contribution in [-0.4, -0.2) is 10.1 Å². The average Bonchev–Trinajstić information content (AvgIpc) is 2.68. The molecule has 3 aromatic carbocycles. The molecule has 2 N–H and O–H groups in total. The van der Waals surface area contributed by atoms with E-state index in [1.165, 1.54) is 0 Å². The first-order chi connectivity index (χ1) is 13.1. The zero-order chi connectivity index (χ0) is 19.0. The largest absolute Gasteiger partial charge is 0.506 e. The van der Waals surface area contributed by atoms with Crippen LogP contribution in [0.15, 0.2) is 78.1 Å². The Hall–Kier alpha value is -3.30. The Bertz CT molecular complexity index is 1230. The molecule has 0 fully saturated rings. The first-order valence-electron chi connectivity index (χ1n) is 8.46. The Balaban J connectivity index is 2.10. The van der Waals surface area contributed by atoms with Crippen LogP contribution in [0.25, 0.3) is 39.2 Å². The molecular formula is C23H16ClNO2. The highest BCUT2D eigenvalue weighted by Gasteiger charge is 2.19. The lowest BCUT2D eigenvalue weighted by Gasteiger charge is -2.15. The number of hydrogen-bond donors (Lipinski definition) is 2. The lowest BCUT2D eigenvalue weighted by Crippen LogP contribution is -2.10. The van der Waals surface area contributed by atoms with Gasteiger partial charge in [0.2, 0.25) is 0 Å². The van der Waals surface area contributed by atoms with Gasteiger partial charge in [-0.3, -0.25) is 4.79 Å². The van der Waals surface area contributed by atoms with Crippen LogP contribution in [0, 0.1) is 0 Å². The summed E-state index contributed by atoms with van der Waals surface area (Å²) in [6, 6.07) is 20.4. The summed E-state index contributed by atoms with van der Waals surface area (Å²) in [7, 11) is 0. The monoisotopic (exact) mass is 373 g/mol. The van der Waals surface area contributed by atoms with E-state index < -0.39 is 0 Å². The van der Waals surface area contributed by atoms with Gasteiger partial charge >= 0.3 is 0 Å². The standard InChI is InChI=1S/C23H16ClNO2/c1-2-14-9-6-10-18(20(14)15-7-4-3-5-8-15)21-22(26)17-12-11-16(24)13-19(17)25-23(21)27/h2-13H,1H2,(H2,25,26,27). The number of nitrogens with one attached hydrogen (secondary N) is 1. The predicted octanol–water partition coefficient (Wildman–Crippen LogP) is 5.86. The summed E-state index contributed by atoms with van der Waals surface area (Å²) < 4.78 is 0. The molecule has 1 aromatic heterocycles. The maximum Gasteiger partial charge on any atom is 0.260 e. The van der Waals surface area contributed by atoms with Crippen molar-refractivity contribution in [1.29, 1.82) is 0 Å². The molecule has 0 bridgehead atoms. The molecule has 4 rings (SSSR count). The minimum Gasteiger partial charge on any atom is -0.506 e. The van der Waals surface area contributed by atoms with Crippen LogP contribution in [0.5, 0.6) is 5.75 Å². The molecule has 4 heteroatoms. The number of fused-ring (bicyclic) bond motifs is 1. The second-order valence-corrected chi connectivity index (χ2v) is 6.64. The van der Waals surface area contributed by atoms with Crippen molar-refractivity contribution in [2.75, 3.05) is 0 Å². The van der Waals surface area contributed by atoms with Crippen molar-refractivity contribution in [2.24, 2.45) is 0 Å². The van der Waals surface area contributed by atoms with Crippen molar-refractivity contribution >= 4 is 28.6 Å². The minimum absolute atomic E-state index is 0.0659. The van der Waals surface area contributed by atoms with E-state index in [9.17, 15) is 9.90 Å². The van der Waals surface area contributed by atoms with E-state index >= 15 is 0 Å². The van der Waals surface area contributed by atoms with Gasteiger partial charge in [0.15, 0.2) is 0 Å². The molecule has 132 valence electrons. The summed E-state index contributed by atoms with van der Waals surface area (Å²) in [6.07, 6.45) is 1.75. The number of halogens is 1. The zero-order valence-corrected chi connectivity index (χ0v) is 15.1. The molecule has 4 aromatic rings. The van der Waals surface area contributed by atoms with E-state index in [0.29, 0.717) is 21.5 Å². The van der Waals surface area contributed by atoms with Gasteiger partial charge in [0.25, 0.3) is 5.56 Å². The number of benzene rings is 3. The fourth-order valence-electron chi connectivity index (χ4n) is 3.38. The molecule has 0 aliphatic rings. The molecule has 0 saturated carbocycles. The number of aromatic hydroxyl groups is 1. The molecule has 0 atom stereocenters. The fraction of sp³-hybridized carbons (Fsp3) is 0. The molecular weight excluding hydrogens is 358 g/mol. The van der Waals surface area contributed by atoms with Crippen molar-refractivity contribution in [3.63, 3.8) is 0 Å². The van der Waals surface area contributed by atoms with Crippen molar-refractivity contribution in [1.82, 2.24) is 4.98 Å². The Morgan fingerprint density at radius 3 is 2.48 bits per heavy atom. The highest BCUT2D eigenvalue weighted by atomic mass is 35.5. The summed E-state index contributed by atoms with van der Waals surface area (Å²) in [5, 5.41) is 11.9. The third kappa shape index (κ3) is 2.92. The van der Waals surface area contributed by atoms with Crippen LogP contribution >= 0.6 is 11.6 Å². The Morgan fingerprint density at radius 2 is 1.74 bits per heavy atom.